The fourth-order valence-electron chi connectivity index (χ4n) is 4.15. The van der Waals surface area contributed by atoms with Crippen LogP contribution in [-0.2, 0) is 6.54 Å². The molecule has 1 aliphatic carbocycles. The molecule has 8 heteroatoms. The monoisotopic (exact) mass is 442 g/mol. The number of fused-ring (bicyclic) bond motifs is 1. The Hall–Kier alpha value is -4.12. The van der Waals surface area contributed by atoms with Crippen molar-refractivity contribution >= 4 is 11.1 Å². The number of hydrogen-bond acceptors (Lipinski definition) is 7. The van der Waals surface area contributed by atoms with Gasteiger partial charge in [0, 0.05) is 18.0 Å². The van der Waals surface area contributed by atoms with Crippen LogP contribution in [0.15, 0.2) is 58.0 Å². The Labute approximate surface area is 190 Å². The van der Waals surface area contributed by atoms with Gasteiger partial charge in [0.05, 0.1) is 18.8 Å². The minimum absolute atomic E-state index is 0.0980. The van der Waals surface area contributed by atoms with Gasteiger partial charge in [0.1, 0.15) is 18.1 Å². The van der Waals surface area contributed by atoms with Crippen molar-refractivity contribution in [2.75, 3.05) is 7.11 Å². The third-order valence-electron chi connectivity index (χ3n) is 5.83. The number of para-hydroxylation sites is 1. The molecule has 0 atom stereocenters. The van der Waals surface area contributed by atoms with E-state index < -0.39 is 5.69 Å². The van der Waals surface area contributed by atoms with Crippen LogP contribution in [0.5, 0.6) is 11.5 Å². The summed E-state index contributed by atoms with van der Waals surface area (Å²) in [7, 11) is 1.62. The summed E-state index contributed by atoms with van der Waals surface area (Å²) in [5.41, 5.74) is 2.58. The van der Waals surface area contributed by atoms with Gasteiger partial charge >= 0.3 is 5.69 Å². The molecule has 1 aliphatic rings. The molecule has 8 nitrogen and oxygen atoms in total. The third kappa shape index (κ3) is 4.17. The summed E-state index contributed by atoms with van der Waals surface area (Å²) in [5, 5.41) is 9.27. The average Bonchev–Trinajstić information content (AvgIpc) is 3.49. The van der Waals surface area contributed by atoms with Gasteiger partial charge in [-0.2, -0.15) is 5.26 Å². The summed E-state index contributed by atoms with van der Waals surface area (Å²) in [6.07, 6.45) is 7.88. The lowest BCUT2D eigenvalue weighted by atomic mass is 10.1. The summed E-state index contributed by atoms with van der Waals surface area (Å²) in [4.78, 5) is 20.9. The number of nitrogens with zero attached hydrogens (tertiary/aromatic N) is 4. The molecule has 33 heavy (non-hydrogen) atoms. The van der Waals surface area contributed by atoms with Gasteiger partial charge < -0.3 is 13.9 Å². The van der Waals surface area contributed by atoms with Crippen molar-refractivity contribution in [1.29, 1.82) is 5.26 Å². The number of ether oxygens (including phenoxy) is 2. The van der Waals surface area contributed by atoms with Crippen LogP contribution in [0.2, 0.25) is 0 Å². The summed E-state index contributed by atoms with van der Waals surface area (Å²) in [5.74, 6) is 1.68. The Kier molecular flexibility index (Phi) is 5.53. The lowest BCUT2D eigenvalue weighted by Crippen LogP contribution is -2.22. The quantitative estimate of drug-likeness (QED) is 0.438. The smallest absolute Gasteiger partial charge is 0.348 e. The van der Waals surface area contributed by atoms with Crippen molar-refractivity contribution in [2.24, 2.45) is 0 Å². The summed E-state index contributed by atoms with van der Waals surface area (Å²) >= 11 is 0. The van der Waals surface area contributed by atoms with E-state index in [4.69, 9.17) is 13.9 Å². The second-order valence-electron chi connectivity index (χ2n) is 8.02. The third-order valence-corrected chi connectivity index (χ3v) is 5.83. The zero-order chi connectivity index (χ0) is 22.8. The Morgan fingerprint density at radius 2 is 2.03 bits per heavy atom. The molecule has 2 aromatic heterocycles. The fraction of sp³-hybridized carbons (Fsp3) is 0.280. The summed E-state index contributed by atoms with van der Waals surface area (Å²) in [6, 6.07) is 13.0. The number of hydrogen-bond donors (Lipinski definition) is 0. The molecule has 1 saturated carbocycles. The van der Waals surface area contributed by atoms with Crippen LogP contribution in [0.4, 0.5) is 0 Å². The minimum atomic E-state index is -0.419. The van der Waals surface area contributed by atoms with Crippen molar-refractivity contribution in [3.63, 3.8) is 0 Å². The maximum absolute atomic E-state index is 12.4. The van der Waals surface area contributed by atoms with Crippen LogP contribution in [0.1, 0.15) is 37.1 Å². The topological polar surface area (TPSA) is 103 Å². The van der Waals surface area contributed by atoms with Crippen LogP contribution in [0, 0.1) is 11.3 Å². The number of oxazole rings is 1. The molecule has 166 valence electrons. The van der Waals surface area contributed by atoms with Crippen molar-refractivity contribution in [3.05, 3.63) is 70.7 Å². The van der Waals surface area contributed by atoms with Crippen LogP contribution in [-0.4, -0.2) is 27.7 Å². The molecule has 5 rings (SSSR count). The Balaban J connectivity index is 1.46. The van der Waals surface area contributed by atoms with Crippen LogP contribution in [0.3, 0.4) is 0 Å². The summed E-state index contributed by atoms with van der Waals surface area (Å²) in [6.45, 7) is 0.0980. The minimum Gasteiger partial charge on any atom is -0.493 e. The van der Waals surface area contributed by atoms with E-state index in [1.54, 1.807) is 37.7 Å². The van der Waals surface area contributed by atoms with Crippen LogP contribution in [0.25, 0.3) is 22.2 Å². The van der Waals surface area contributed by atoms with E-state index in [0.717, 1.165) is 24.0 Å². The van der Waals surface area contributed by atoms with E-state index in [2.05, 4.69) is 16.0 Å². The molecule has 0 radical (unpaired) electrons. The van der Waals surface area contributed by atoms with Crippen molar-refractivity contribution in [2.45, 2.75) is 38.3 Å². The molecule has 2 heterocycles. The lowest BCUT2D eigenvalue weighted by molar-refractivity contribution is 0.201. The van der Waals surface area contributed by atoms with E-state index in [9.17, 15) is 10.1 Å². The largest absolute Gasteiger partial charge is 0.493 e. The van der Waals surface area contributed by atoms with Crippen molar-refractivity contribution in [3.8, 4) is 28.7 Å². The Bertz CT molecular complexity index is 1410. The van der Waals surface area contributed by atoms with Gasteiger partial charge in [0.2, 0.25) is 5.89 Å². The lowest BCUT2D eigenvalue weighted by Gasteiger charge is -2.17. The molecule has 1 fully saturated rings. The molecule has 0 N–H and O–H groups in total. The predicted octanol–water partition coefficient (Wildman–Crippen LogP) is 4.30. The first-order valence-electron chi connectivity index (χ1n) is 10.8. The Morgan fingerprint density at radius 1 is 1.18 bits per heavy atom. The van der Waals surface area contributed by atoms with Gasteiger partial charge in [0.25, 0.3) is 0 Å². The molecule has 4 aromatic rings. The van der Waals surface area contributed by atoms with E-state index >= 15 is 0 Å². The zero-order valence-corrected chi connectivity index (χ0v) is 18.2. The molecular formula is C25H22N4O4. The molecule has 0 spiro atoms. The van der Waals surface area contributed by atoms with Gasteiger partial charge in [-0.1, -0.05) is 12.1 Å². The molecular weight excluding hydrogens is 420 g/mol. The predicted molar refractivity (Wildman–Crippen MR) is 121 cm³/mol. The highest BCUT2D eigenvalue weighted by atomic mass is 16.5. The van der Waals surface area contributed by atoms with Crippen LogP contribution < -0.4 is 15.2 Å². The van der Waals surface area contributed by atoms with Crippen molar-refractivity contribution < 1.29 is 13.9 Å². The molecule has 0 bridgehead atoms. The van der Waals surface area contributed by atoms with Gasteiger partial charge in [-0.3, -0.25) is 4.57 Å². The molecule has 0 unspecified atom stereocenters. The maximum Gasteiger partial charge on any atom is 0.348 e. The highest BCUT2D eigenvalue weighted by Gasteiger charge is 2.19. The average molecular weight is 442 g/mol. The second-order valence-corrected chi connectivity index (χ2v) is 8.02. The van der Waals surface area contributed by atoms with E-state index in [0.29, 0.717) is 34.1 Å². The highest BCUT2D eigenvalue weighted by molar-refractivity contribution is 5.79. The molecule has 0 saturated heterocycles. The SMILES string of the molecule is COc1ccc(-c2cnc(=O)n(Cc3nc4cccc(C#N)c4o3)c2)cc1OC1CCCC1. The van der Waals surface area contributed by atoms with Gasteiger partial charge in [-0.15, -0.1) is 0 Å². The number of rotatable bonds is 6. The number of benzene rings is 2. The van der Waals surface area contributed by atoms with E-state index in [-0.39, 0.29) is 12.6 Å². The highest BCUT2D eigenvalue weighted by Crippen LogP contribution is 2.35. The van der Waals surface area contributed by atoms with Gasteiger partial charge in [-0.05, 0) is 55.5 Å². The first-order chi connectivity index (χ1) is 16.1. The van der Waals surface area contributed by atoms with E-state index in [1.807, 2.05) is 18.2 Å². The number of methoxy groups -OCH3 is 1. The number of aromatic nitrogens is 3. The standard InChI is InChI=1S/C25H22N4O4/c1-31-21-10-9-16(11-22(21)32-19-6-2-3-7-19)18-13-27-25(30)29(14-18)15-23-28-20-8-4-5-17(12-26)24(20)33-23/h4-5,8-11,13-14,19H,2-3,6-7,15H2,1H3. The summed E-state index contributed by atoms with van der Waals surface area (Å²) < 4.78 is 18.9. The first kappa shape index (κ1) is 20.8. The zero-order valence-electron chi connectivity index (χ0n) is 18.2. The van der Waals surface area contributed by atoms with E-state index in [1.165, 1.54) is 17.4 Å². The van der Waals surface area contributed by atoms with Crippen molar-refractivity contribution in [1.82, 2.24) is 14.5 Å². The van der Waals surface area contributed by atoms with Gasteiger partial charge in [0.15, 0.2) is 17.1 Å². The maximum atomic E-state index is 12.4. The van der Waals surface area contributed by atoms with Gasteiger partial charge in [-0.25, -0.2) is 14.8 Å². The molecule has 0 aliphatic heterocycles. The fourth-order valence-corrected chi connectivity index (χ4v) is 4.15. The first-order valence-corrected chi connectivity index (χ1v) is 10.8. The number of nitriles is 1. The molecule has 2 aromatic carbocycles. The Morgan fingerprint density at radius 3 is 2.82 bits per heavy atom. The molecule has 0 amide bonds. The van der Waals surface area contributed by atoms with Crippen LogP contribution >= 0.6 is 0 Å². The normalized spacial score (nSPS) is 13.8. The second kappa shape index (κ2) is 8.79.